The van der Waals surface area contributed by atoms with Crippen LogP contribution in [0.4, 0.5) is 5.69 Å². The molecule has 3 aromatic rings. The molecule has 0 bridgehead atoms. The second kappa shape index (κ2) is 12.7. The predicted octanol–water partition coefficient (Wildman–Crippen LogP) is 5.95. The van der Waals surface area contributed by atoms with Crippen LogP contribution in [0, 0.1) is 5.92 Å². The number of benzene rings is 2. The van der Waals surface area contributed by atoms with Crippen molar-refractivity contribution in [3.63, 3.8) is 0 Å². The molecule has 1 unspecified atom stereocenters. The molecule has 9 heteroatoms. The third-order valence-corrected chi connectivity index (χ3v) is 6.50. The molecule has 0 radical (unpaired) electrons. The number of thioether (sulfide) groups is 1. The number of methoxy groups -OCH3 is 2. The van der Waals surface area contributed by atoms with Crippen LogP contribution in [0.15, 0.2) is 47.6 Å². The van der Waals surface area contributed by atoms with Crippen LogP contribution in [-0.2, 0) is 11.3 Å². The minimum absolute atomic E-state index is 0.169. The first-order valence-electron chi connectivity index (χ1n) is 12.1. The van der Waals surface area contributed by atoms with Crippen molar-refractivity contribution in [2.75, 3.05) is 25.3 Å². The first-order valence-corrected chi connectivity index (χ1v) is 13.0. The zero-order valence-corrected chi connectivity index (χ0v) is 22.9. The summed E-state index contributed by atoms with van der Waals surface area (Å²) < 4.78 is 18.8. The lowest BCUT2D eigenvalue weighted by atomic mass is 10.0. The summed E-state index contributed by atoms with van der Waals surface area (Å²) in [4.78, 5) is 12.7. The number of hydrogen-bond donors (Lipinski definition) is 1. The highest BCUT2D eigenvalue weighted by atomic mass is 32.2. The van der Waals surface area contributed by atoms with Crippen molar-refractivity contribution >= 4 is 23.4 Å². The Labute approximate surface area is 217 Å². The third kappa shape index (κ3) is 7.16. The molecule has 1 amide bonds. The summed E-state index contributed by atoms with van der Waals surface area (Å²) >= 11 is 1.34. The quantitative estimate of drug-likeness (QED) is 0.300. The lowest BCUT2D eigenvalue weighted by Gasteiger charge is -2.18. The molecule has 0 fully saturated rings. The Kier molecular flexibility index (Phi) is 9.64. The predicted molar refractivity (Wildman–Crippen MR) is 143 cm³/mol. The van der Waals surface area contributed by atoms with E-state index >= 15 is 0 Å². The number of carbonyl (C=O) groups is 1. The summed E-state index contributed by atoms with van der Waals surface area (Å²) in [5.41, 5.74) is 1.82. The van der Waals surface area contributed by atoms with E-state index in [9.17, 15) is 4.79 Å². The van der Waals surface area contributed by atoms with E-state index in [0.717, 1.165) is 18.1 Å². The number of aromatic nitrogens is 3. The van der Waals surface area contributed by atoms with Gasteiger partial charge in [-0.3, -0.25) is 4.79 Å². The number of nitrogens with one attached hydrogen (secondary N) is 1. The number of rotatable bonds is 12. The molecule has 0 spiro atoms. The van der Waals surface area contributed by atoms with E-state index in [0.29, 0.717) is 34.2 Å². The Bertz CT molecular complexity index is 1150. The molecule has 0 saturated heterocycles. The van der Waals surface area contributed by atoms with Gasteiger partial charge in [-0.05, 0) is 48.6 Å². The van der Waals surface area contributed by atoms with Crippen molar-refractivity contribution in [1.29, 1.82) is 0 Å². The molecule has 0 saturated carbocycles. The fourth-order valence-corrected chi connectivity index (χ4v) is 4.42. The summed E-state index contributed by atoms with van der Waals surface area (Å²) in [7, 11) is 3.14. The molecule has 2 aromatic carbocycles. The molecule has 0 aliphatic rings. The maximum Gasteiger partial charge on any atom is 0.234 e. The zero-order chi connectivity index (χ0) is 26.2. The highest BCUT2D eigenvalue weighted by Gasteiger charge is 2.21. The van der Waals surface area contributed by atoms with E-state index in [4.69, 9.17) is 14.2 Å². The van der Waals surface area contributed by atoms with Crippen LogP contribution in [0.3, 0.4) is 0 Å². The van der Waals surface area contributed by atoms with Gasteiger partial charge in [-0.1, -0.05) is 51.6 Å². The molecule has 0 aliphatic heterocycles. The summed E-state index contributed by atoms with van der Waals surface area (Å²) in [6, 6.07) is 13.4. The van der Waals surface area contributed by atoms with E-state index in [2.05, 4.69) is 55.3 Å². The highest BCUT2D eigenvalue weighted by Crippen LogP contribution is 2.30. The van der Waals surface area contributed by atoms with E-state index in [1.54, 1.807) is 32.4 Å². The van der Waals surface area contributed by atoms with Gasteiger partial charge in [-0.2, -0.15) is 0 Å². The van der Waals surface area contributed by atoms with Gasteiger partial charge in [0, 0.05) is 12.6 Å². The minimum atomic E-state index is -0.301. The summed E-state index contributed by atoms with van der Waals surface area (Å²) in [5.74, 6) is 3.53. The first-order chi connectivity index (χ1) is 17.2. The molecule has 0 aliphatic carbocycles. The van der Waals surface area contributed by atoms with Crippen molar-refractivity contribution in [1.82, 2.24) is 14.8 Å². The standard InChI is InChI=1S/C27H36N4O4S/c1-17(2)15-31-26(19(5)35-21-10-8-20(9-11-21)18(3)4)29-30-27(31)36-16-25(32)28-23-14-22(33-6)12-13-24(23)34-7/h8-14,17-19H,15-16H2,1-7H3,(H,28,32). The largest absolute Gasteiger partial charge is 0.497 e. The molecule has 1 heterocycles. The van der Waals surface area contributed by atoms with E-state index in [1.165, 1.54) is 17.3 Å². The lowest BCUT2D eigenvalue weighted by molar-refractivity contribution is -0.113. The van der Waals surface area contributed by atoms with Crippen LogP contribution in [0.5, 0.6) is 17.2 Å². The van der Waals surface area contributed by atoms with Gasteiger partial charge in [-0.15, -0.1) is 10.2 Å². The SMILES string of the molecule is COc1ccc(OC)c(NC(=O)CSc2nnc(C(C)Oc3ccc(C(C)C)cc3)n2CC(C)C)c1. The zero-order valence-electron chi connectivity index (χ0n) is 22.1. The van der Waals surface area contributed by atoms with Gasteiger partial charge in [0.2, 0.25) is 5.91 Å². The molecule has 1 atom stereocenters. The Morgan fingerprint density at radius 1 is 0.972 bits per heavy atom. The Morgan fingerprint density at radius 2 is 1.67 bits per heavy atom. The molecule has 1 aromatic heterocycles. The summed E-state index contributed by atoms with van der Waals surface area (Å²) in [6.45, 7) is 11.3. The van der Waals surface area contributed by atoms with Gasteiger partial charge in [-0.25, -0.2) is 0 Å². The number of amides is 1. The van der Waals surface area contributed by atoms with Gasteiger partial charge >= 0.3 is 0 Å². The van der Waals surface area contributed by atoms with Crippen LogP contribution < -0.4 is 19.5 Å². The van der Waals surface area contributed by atoms with Crippen molar-refractivity contribution in [3.8, 4) is 17.2 Å². The fourth-order valence-electron chi connectivity index (χ4n) is 3.66. The lowest BCUT2D eigenvalue weighted by Crippen LogP contribution is -2.17. The molecule has 8 nitrogen and oxygen atoms in total. The number of ether oxygens (including phenoxy) is 3. The monoisotopic (exact) mass is 512 g/mol. The molecular weight excluding hydrogens is 476 g/mol. The van der Waals surface area contributed by atoms with E-state index in [1.807, 2.05) is 23.6 Å². The maximum absolute atomic E-state index is 12.7. The van der Waals surface area contributed by atoms with Gasteiger partial charge in [0.25, 0.3) is 0 Å². The summed E-state index contributed by atoms with van der Waals surface area (Å²) in [5, 5.41) is 12.4. The van der Waals surface area contributed by atoms with Gasteiger partial charge < -0.3 is 24.1 Å². The topological polar surface area (TPSA) is 87.5 Å². The smallest absolute Gasteiger partial charge is 0.234 e. The maximum atomic E-state index is 12.7. The van der Waals surface area contributed by atoms with Crippen LogP contribution in [0.2, 0.25) is 0 Å². The first kappa shape index (κ1) is 27.4. The second-order valence-corrected chi connectivity index (χ2v) is 10.2. The molecular formula is C27H36N4O4S. The average molecular weight is 513 g/mol. The van der Waals surface area contributed by atoms with Crippen LogP contribution in [0.1, 0.15) is 58.0 Å². The average Bonchev–Trinajstić information content (AvgIpc) is 3.24. The second-order valence-electron chi connectivity index (χ2n) is 9.23. The van der Waals surface area contributed by atoms with Gasteiger partial charge in [0.15, 0.2) is 17.1 Å². The van der Waals surface area contributed by atoms with Crippen molar-refractivity contribution < 1.29 is 19.0 Å². The number of hydrogen-bond acceptors (Lipinski definition) is 7. The third-order valence-electron chi connectivity index (χ3n) is 5.53. The Balaban J connectivity index is 1.71. The molecule has 3 rings (SSSR count). The van der Waals surface area contributed by atoms with E-state index < -0.39 is 0 Å². The normalized spacial score (nSPS) is 12.0. The van der Waals surface area contributed by atoms with Crippen molar-refractivity contribution in [3.05, 3.63) is 53.9 Å². The van der Waals surface area contributed by atoms with Crippen LogP contribution >= 0.6 is 11.8 Å². The van der Waals surface area contributed by atoms with Gasteiger partial charge in [0.1, 0.15) is 17.2 Å². The minimum Gasteiger partial charge on any atom is -0.497 e. The van der Waals surface area contributed by atoms with E-state index in [-0.39, 0.29) is 17.8 Å². The highest BCUT2D eigenvalue weighted by molar-refractivity contribution is 7.99. The number of nitrogens with zero attached hydrogens (tertiary/aromatic N) is 3. The fraction of sp³-hybridized carbons (Fsp3) is 0.444. The Hall–Kier alpha value is -3.20. The summed E-state index contributed by atoms with van der Waals surface area (Å²) in [6.07, 6.45) is -0.301. The molecule has 194 valence electrons. The van der Waals surface area contributed by atoms with Crippen LogP contribution in [-0.4, -0.2) is 40.6 Å². The van der Waals surface area contributed by atoms with Crippen molar-refractivity contribution in [2.45, 2.75) is 58.3 Å². The molecule has 1 N–H and O–H groups in total. The Morgan fingerprint density at radius 3 is 2.28 bits per heavy atom. The van der Waals surface area contributed by atoms with Gasteiger partial charge in [0.05, 0.1) is 25.7 Å². The van der Waals surface area contributed by atoms with Crippen molar-refractivity contribution in [2.24, 2.45) is 5.92 Å². The molecule has 36 heavy (non-hydrogen) atoms. The van der Waals surface area contributed by atoms with Crippen LogP contribution in [0.25, 0.3) is 0 Å². The number of carbonyl (C=O) groups excluding carboxylic acids is 1. The number of anilines is 1.